The van der Waals surface area contributed by atoms with E-state index in [1.165, 1.54) is 0 Å². The first-order chi connectivity index (χ1) is 14.9. The Kier molecular flexibility index (Phi) is 7.21. The predicted molar refractivity (Wildman–Crippen MR) is 121 cm³/mol. The summed E-state index contributed by atoms with van der Waals surface area (Å²) in [7, 11) is 0. The third-order valence-corrected chi connectivity index (χ3v) is 5.08. The molecule has 0 spiro atoms. The number of benzene rings is 3. The molecular weight excluding hydrogens is 393 g/mol. The molecule has 3 N–H and O–H groups in total. The minimum atomic E-state index is -0.917. The number of allylic oxidation sites excluding steroid dienone is 1. The second-order valence-electron chi connectivity index (χ2n) is 7.32. The lowest BCUT2D eigenvalue weighted by atomic mass is 9.92. The molecule has 0 unspecified atom stereocenters. The van der Waals surface area contributed by atoms with Crippen LogP contribution in [0.2, 0.25) is 0 Å². The van der Waals surface area contributed by atoms with E-state index in [2.05, 4.69) is 0 Å². The Morgan fingerprint density at radius 1 is 1.10 bits per heavy atom. The molecule has 0 aliphatic rings. The van der Waals surface area contributed by atoms with Gasteiger partial charge in [0.1, 0.15) is 18.2 Å². The summed E-state index contributed by atoms with van der Waals surface area (Å²) >= 11 is 0. The molecule has 3 aromatic rings. The molecule has 0 amide bonds. The molecule has 0 fully saturated rings. The van der Waals surface area contributed by atoms with E-state index in [1.807, 2.05) is 38.1 Å². The number of halogens is 1. The molecule has 0 aliphatic heterocycles. The molecule has 3 rings (SSSR count). The predicted octanol–water partition coefficient (Wildman–Crippen LogP) is 5.50. The smallest absolute Gasteiger partial charge is 0.307 e. The average molecular weight is 419 g/mol. The quantitative estimate of drug-likeness (QED) is 0.506. The molecule has 4 nitrogen and oxygen atoms in total. The van der Waals surface area contributed by atoms with Gasteiger partial charge in [0.25, 0.3) is 0 Å². The first kappa shape index (κ1) is 22.2. The summed E-state index contributed by atoms with van der Waals surface area (Å²) in [5, 5.41) is 9.12. The number of para-hydroxylation sites is 1. The lowest BCUT2D eigenvalue weighted by Crippen LogP contribution is -2.05. The third-order valence-electron chi connectivity index (χ3n) is 5.08. The molecule has 0 atom stereocenters. The van der Waals surface area contributed by atoms with Gasteiger partial charge in [0.2, 0.25) is 0 Å². The van der Waals surface area contributed by atoms with Crippen LogP contribution in [0, 0.1) is 12.7 Å². The Labute approximate surface area is 181 Å². The van der Waals surface area contributed by atoms with Gasteiger partial charge >= 0.3 is 5.97 Å². The summed E-state index contributed by atoms with van der Waals surface area (Å²) in [5.74, 6) is -0.710. The number of hydrogen-bond acceptors (Lipinski definition) is 3. The van der Waals surface area contributed by atoms with Crippen LogP contribution in [0.1, 0.15) is 34.7 Å². The number of carbonyl (C=O) groups is 1. The lowest BCUT2D eigenvalue weighted by Gasteiger charge is -2.16. The molecule has 0 heterocycles. The molecule has 0 saturated heterocycles. The van der Waals surface area contributed by atoms with Crippen molar-refractivity contribution in [2.45, 2.75) is 33.4 Å². The monoisotopic (exact) mass is 419 g/mol. The van der Waals surface area contributed by atoms with Crippen LogP contribution in [0.15, 0.2) is 60.7 Å². The van der Waals surface area contributed by atoms with Gasteiger partial charge in [0, 0.05) is 23.2 Å². The van der Waals surface area contributed by atoms with Crippen molar-refractivity contribution < 1.29 is 19.0 Å². The number of rotatable bonds is 8. The maximum Gasteiger partial charge on any atom is 0.307 e. The Morgan fingerprint density at radius 2 is 1.84 bits per heavy atom. The Morgan fingerprint density at radius 3 is 2.55 bits per heavy atom. The van der Waals surface area contributed by atoms with Gasteiger partial charge in [0.15, 0.2) is 0 Å². The fourth-order valence-corrected chi connectivity index (χ4v) is 3.63. The van der Waals surface area contributed by atoms with Crippen LogP contribution >= 0.6 is 0 Å². The van der Waals surface area contributed by atoms with Gasteiger partial charge in [-0.3, -0.25) is 4.79 Å². The Hall–Kier alpha value is -3.44. The molecule has 0 saturated carbocycles. The number of aliphatic carboxylic acids is 1. The van der Waals surface area contributed by atoms with Crippen molar-refractivity contribution in [1.29, 1.82) is 0 Å². The SMILES string of the molecule is C/C=C\c1c(C)cc(COc2ccccc2CC(=O)O)cc1-c1cccc(CN)c1F. The van der Waals surface area contributed by atoms with Gasteiger partial charge in [-0.25, -0.2) is 4.39 Å². The zero-order valence-corrected chi connectivity index (χ0v) is 17.7. The van der Waals surface area contributed by atoms with E-state index < -0.39 is 5.97 Å². The highest BCUT2D eigenvalue weighted by Crippen LogP contribution is 2.33. The molecule has 0 radical (unpaired) electrons. The first-order valence-corrected chi connectivity index (χ1v) is 10.1. The number of ether oxygens (including phenoxy) is 1. The molecule has 160 valence electrons. The van der Waals surface area contributed by atoms with Crippen LogP contribution < -0.4 is 10.5 Å². The highest BCUT2D eigenvalue weighted by Gasteiger charge is 2.15. The van der Waals surface area contributed by atoms with Crippen molar-refractivity contribution in [3.05, 3.63) is 94.3 Å². The first-order valence-electron chi connectivity index (χ1n) is 10.1. The van der Waals surface area contributed by atoms with E-state index in [9.17, 15) is 4.79 Å². The van der Waals surface area contributed by atoms with Crippen LogP contribution in [-0.2, 0) is 24.4 Å². The van der Waals surface area contributed by atoms with Crippen molar-refractivity contribution in [3.63, 3.8) is 0 Å². The lowest BCUT2D eigenvalue weighted by molar-refractivity contribution is -0.136. The van der Waals surface area contributed by atoms with Gasteiger partial charge in [0.05, 0.1) is 6.42 Å². The number of nitrogens with two attached hydrogens (primary N) is 1. The number of aryl methyl sites for hydroxylation is 1. The van der Waals surface area contributed by atoms with E-state index in [1.54, 1.807) is 42.5 Å². The fourth-order valence-electron chi connectivity index (χ4n) is 3.63. The summed E-state index contributed by atoms with van der Waals surface area (Å²) in [6, 6.07) is 16.3. The van der Waals surface area contributed by atoms with Gasteiger partial charge < -0.3 is 15.6 Å². The molecular formula is C26H26FNO3. The second kappa shape index (κ2) is 10.0. The third kappa shape index (κ3) is 5.19. The summed E-state index contributed by atoms with van der Waals surface area (Å²) in [4.78, 5) is 11.1. The summed E-state index contributed by atoms with van der Waals surface area (Å²) < 4.78 is 21.0. The van der Waals surface area contributed by atoms with Crippen molar-refractivity contribution in [1.82, 2.24) is 0 Å². The Bertz CT molecular complexity index is 1120. The van der Waals surface area contributed by atoms with Crippen molar-refractivity contribution in [2.24, 2.45) is 5.73 Å². The van der Waals surface area contributed by atoms with Crippen molar-refractivity contribution in [3.8, 4) is 16.9 Å². The number of hydrogen-bond donors (Lipinski definition) is 2. The second-order valence-corrected chi connectivity index (χ2v) is 7.32. The minimum absolute atomic E-state index is 0.113. The average Bonchev–Trinajstić information content (AvgIpc) is 2.74. The maximum atomic E-state index is 15.1. The number of carboxylic acids is 1. The molecule has 0 aliphatic carbocycles. The van der Waals surface area contributed by atoms with Gasteiger partial charge in [-0.1, -0.05) is 54.6 Å². The standard InChI is InChI=1S/C26H26FNO3/c1-3-7-21-17(2)12-18(13-23(21)22-10-6-9-20(15-28)26(22)27)16-31-24-11-5-4-8-19(24)14-25(29)30/h3-13H,14-16,28H2,1-2H3,(H,29,30)/b7-3-. The normalized spacial score (nSPS) is 11.1. The summed E-state index contributed by atoms with van der Waals surface area (Å²) in [6.07, 6.45) is 3.78. The zero-order chi connectivity index (χ0) is 22.4. The van der Waals surface area contributed by atoms with Crippen LogP contribution in [-0.4, -0.2) is 11.1 Å². The molecule has 3 aromatic carbocycles. The van der Waals surface area contributed by atoms with Crippen LogP contribution in [0.25, 0.3) is 17.2 Å². The topological polar surface area (TPSA) is 72.5 Å². The summed E-state index contributed by atoms with van der Waals surface area (Å²) in [6.45, 7) is 4.26. The van der Waals surface area contributed by atoms with Gasteiger partial charge in [-0.15, -0.1) is 0 Å². The minimum Gasteiger partial charge on any atom is -0.489 e. The van der Waals surface area contributed by atoms with Crippen LogP contribution in [0.5, 0.6) is 5.75 Å². The van der Waals surface area contributed by atoms with Crippen molar-refractivity contribution in [2.75, 3.05) is 0 Å². The van der Waals surface area contributed by atoms with E-state index in [4.69, 9.17) is 15.6 Å². The Balaban J connectivity index is 2.00. The molecule has 0 bridgehead atoms. The molecule has 0 aromatic heterocycles. The van der Waals surface area contributed by atoms with Crippen LogP contribution in [0.4, 0.5) is 4.39 Å². The highest BCUT2D eigenvalue weighted by atomic mass is 19.1. The van der Waals surface area contributed by atoms with E-state index in [0.717, 1.165) is 22.3 Å². The van der Waals surface area contributed by atoms with Crippen molar-refractivity contribution >= 4 is 12.0 Å². The van der Waals surface area contributed by atoms with E-state index in [0.29, 0.717) is 22.4 Å². The summed E-state index contributed by atoms with van der Waals surface area (Å²) in [5.41, 5.74) is 10.8. The van der Waals surface area contributed by atoms with E-state index >= 15 is 4.39 Å². The maximum absolute atomic E-state index is 15.1. The van der Waals surface area contributed by atoms with Gasteiger partial charge in [-0.2, -0.15) is 0 Å². The molecule has 31 heavy (non-hydrogen) atoms. The fraction of sp³-hybridized carbons (Fsp3) is 0.192. The van der Waals surface area contributed by atoms with E-state index in [-0.39, 0.29) is 25.4 Å². The van der Waals surface area contributed by atoms with Gasteiger partial charge in [-0.05, 0) is 48.2 Å². The highest BCUT2D eigenvalue weighted by molar-refractivity contribution is 5.78. The van der Waals surface area contributed by atoms with Crippen LogP contribution in [0.3, 0.4) is 0 Å². The zero-order valence-electron chi connectivity index (χ0n) is 17.7. The molecule has 5 heteroatoms. The largest absolute Gasteiger partial charge is 0.489 e. The number of carboxylic acid groups (broad SMARTS) is 1.